The van der Waals surface area contributed by atoms with Gasteiger partial charge >= 0.3 is 0 Å². The van der Waals surface area contributed by atoms with Crippen LogP contribution in [0.3, 0.4) is 0 Å². The first-order valence-electron chi connectivity index (χ1n) is 11.1. The third-order valence-corrected chi connectivity index (χ3v) is 5.77. The van der Waals surface area contributed by atoms with Crippen molar-refractivity contribution in [3.05, 3.63) is 103 Å². The molecule has 0 fully saturated rings. The number of pyridine rings is 1. The van der Waals surface area contributed by atoms with Gasteiger partial charge in [-0.1, -0.05) is 104 Å². The van der Waals surface area contributed by atoms with Gasteiger partial charge in [0.2, 0.25) is 0 Å². The lowest BCUT2D eigenvalue weighted by atomic mass is 9.99. The molecule has 4 aromatic carbocycles. The van der Waals surface area contributed by atoms with Crippen molar-refractivity contribution in [1.29, 1.82) is 0 Å². The molecular formula is C29H25N3. The number of benzene rings is 4. The largest absolute Gasteiger partial charge is 0.274 e. The molecule has 0 atom stereocenters. The second-order valence-electron chi connectivity index (χ2n) is 7.66. The molecule has 6 rings (SSSR count). The highest BCUT2D eigenvalue weighted by Gasteiger charge is 2.18. The lowest BCUT2D eigenvalue weighted by molar-refractivity contribution is 1.12. The van der Waals surface area contributed by atoms with Crippen LogP contribution in [0.25, 0.3) is 49.8 Å². The lowest BCUT2D eigenvalue weighted by Crippen LogP contribution is -1.96. The quantitative estimate of drug-likeness (QED) is 0.271. The predicted octanol–water partition coefficient (Wildman–Crippen LogP) is 7.70. The Hall–Kier alpha value is -3.98. The zero-order valence-corrected chi connectivity index (χ0v) is 18.6. The Labute approximate surface area is 188 Å². The summed E-state index contributed by atoms with van der Waals surface area (Å²) in [5.74, 6) is 0.865. The maximum Gasteiger partial charge on any atom is 0.169 e. The van der Waals surface area contributed by atoms with Gasteiger partial charge in [-0.15, -0.1) is 10.2 Å². The summed E-state index contributed by atoms with van der Waals surface area (Å²) in [6, 6.07) is 33.9. The number of aryl methyl sites for hydroxylation is 1. The van der Waals surface area contributed by atoms with Crippen LogP contribution in [0, 0.1) is 6.92 Å². The van der Waals surface area contributed by atoms with Gasteiger partial charge < -0.3 is 0 Å². The van der Waals surface area contributed by atoms with Gasteiger partial charge in [-0.05, 0) is 35.6 Å². The third-order valence-electron chi connectivity index (χ3n) is 5.77. The minimum atomic E-state index is 0.865. The van der Waals surface area contributed by atoms with Crippen LogP contribution in [0.5, 0.6) is 0 Å². The molecule has 3 heteroatoms. The summed E-state index contributed by atoms with van der Waals surface area (Å²) in [5.41, 5.74) is 6.66. The fraction of sp³-hybridized carbons (Fsp3) is 0.103. The first kappa shape index (κ1) is 20.0. The molecule has 0 bridgehead atoms. The van der Waals surface area contributed by atoms with Gasteiger partial charge in [0.25, 0.3) is 0 Å². The molecule has 0 saturated carbocycles. The Kier molecular flexibility index (Phi) is 5.16. The minimum Gasteiger partial charge on any atom is -0.274 e. The second kappa shape index (κ2) is 8.27. The molecule has 3 nitrogen and oxygen atoms in total. The summed E-state index contributed by atoms with van der Waals surface area (Å²) in [4.78, 5) is 0. The average Bonchev–Trinajstić information content (AvgIpc) is 3.31. The Morgan fingerprint density at radius 3 is 2.03 bits per heavy atom. The number of hydrogen-bond acceptors (Lipinski definition) is 2. The van der Waals surface area contributed by atoms with Gasteiger partial charge in [0, 0.05) is 16.3 Å². The van der Waals surface area contributed by atoms with Crippen LogP contribution >= 0.6 is 0 Å². The Balaban J connectivity index is 0.00000105. The van der Waals surface area contributed by atoms with E-state index < -0.39 is 0 Å². The molecular weight excluding hydrogens is 390 g/mol. The van der Waals surface area contributed by atoms with Gasteiger partial charge in [0.15, 0.2) is 11.5 Å². The zero-order chi connectivity index (χ0) is 22.1. The summed E-state index contributed by atoms with van der Waals surface area (Å²) in [6.45, 7) is 6.14. The number of rotatable bonds is 2. The van der Waals surface area contributed by atoms with Gasteiger partial charge in [-0.3, -0.25) is 4.40 Å². The SMILES string of the molecule is CC.Cc1ccc2c(c1)c1ccccc1c1nnc(-c3ccccc3-c3ccccc3)n21. The van der Waals surface area contributed by atoms with E-state index in [9.17, 15) is 0 Å². The maximum absolute atomic E-state index is 4.69. The van der Waals surface area contributed by atoms with E-state index in [2.05, 4.69) is 113 Å². The van der Waals surface area contributed by atoms with E-state index in [0.717, 1.165) is 33.5 Å². The van der Waals surface area contributed by atoms with Crippen molar-refractivity contribution in [2.24, 2.45) is 0 Å². The molecule has 0 aliphatic carbocycles. The highest BCUT2D eigenvalue weighted by molar-refractivity contribution is 6.12. The normalized spacial score (nSPS) is 11.0. The van der Waals surface area contributed by atoms with Crippen molar-refractivity contribution >= 4 is 27.3 Å². The maximum atomic E-state index is 4.69. The van der Waals surface area contributed by atoms with Gasteiger partial charge in [-0.25, -0.2) is 0 Å². The molecule has 0 unspecified atom stereocenters. The van der Waals surface area contributed by atoms with E-state index >= 15 is 0 Å². The molecule has 0 aliphatic rings. The highest BCUT2D eigenvalue weighted by atomic mass is 15.2. The molecule has 0 spiro atoms. The molecule has 156 valence electrons. The number of aromatic nitrogens is 3. The minimum absolute atomic E-state index is 0.865. The second-order valence-corrected chi connectivity index (χ2v) is 7.66. The molecule has 0 N–H and O–H groups in total. The highest BCUT2D eigenvalue weighted by Crippen LogP contribution is 2.35. The van der Waals surface area contributed by atoms with Crippen LogP contribution in [0.1, 0.15) is 19.4 Å². The van der Waals surface area contributed by atoms with Crippen LogP contribution in [0.15, 0.2) is 97.1 Å². The van der Waals surface area contributed by atoms with Crippen molar-refractivity contribution in [2.45, 2.75) is 20.8 Å². The van der Waals surface area contributed by atoms with Gasteiger partial charge in [0.1, 0.15) is 0 Å². The smallest absolute Gasteiger partial charge is 0.169 e. The summed E-state index contributed by atoms with van der Waals surface area (Å²) in [7, 11) is 0. The molecule has 6 aromatic rings. The van der Waals surface area contributed by atoms with Crippen LogP contribution in [0.2, 0.25) is 0 Å². The fourth-order valence-corrected chi connectivity index (χ4v) is 4.38. The zero-order valence-electron chi connectivity index (χ0n) is 18.6. The predicted molar refractivity (Wildman–Crippen MR) is 135 cm³/mol. The summed E-state index contributed by atoms with van der Waals surface area (Å²) in [6.07, 6.45) is 0. The van der Waals surface area contributed by atoms with Gasteiger partial charge in [-0.2, -0.15) is 0 Å². The monoisotopic (exact) mass is 415 g/mol. The van der Waals surface area contributed by atoms with Crippen LogP contribution in [-0.4, -0.2) is 14.6 Å². The first-order valence-corrected chi connectivity index (χ1v) is 11.1. The molecule has 2 heterocycles. The van der Waals surface area contributed by atoms with Crippen molar-refractivity contribution in [3.8, 4) is 22.5 Å². The van der Waals surface area contributed by atoms with Crippen LogP contribution < -0.4 is 0 Å². The van der Waals surface area contributed by atoms with E-state index in [1.807, 2.05) is 19.9 Å². The Morgan fingerprint density at radius 1 is 0.594 bits per heavy atom. The van der Waals surface area contributed by atoms with Crippen molar-refractivity contribution in [3.63, 3.8) is 0 Å². The van der Waals surface area contributed by atoms with E-state index in [1.165, 1.54) is 21.9 Å². The van der Waals surface area contributed by atoms with E-state index in [0.29, 0.717) is 0 Å². The number of nitrogens with zero attached hydrogens (tertiary/aromatic N) is 3. The fourth-order valence-electron chi connectivity index (χ4n) is 4.38. The first-order chi connectivity index (χ1) is 15.8. The third kappa shape index (κ3) is 3.14. The molecule has 0 amide bonds. The molecule has 0 radical (unpaired) electrons. The topological polar surface area (TPSA) is 30.2 Å². The van der Waals surface area contributed by atoms with Crippen LogP contribution in [-0.2, 0) is 0 Å². The van der Waals surface area contributed by atoms with E-state index in [1.54, 1.807) is 0 Å². The van der Waals surface area contributed by atoms with E-state index in [4.69, 9.17) is 0 Å². The summed E-state index contributed by atoms with van der Waals surface area (Å²) in [5, 5.41) is 12.9. The number of hydrogen-bond donors (Lipinski definition) is 0. The molecule has 32 heavy (non-hydrogen) atoms. The van der Waals surface area contributed by atoms with E-state index in [-0.39, 0.29) is 0 Å². The summed E-state index contributed by atoms with van der Waals surface area (Å²) >= 11 is 0. The standard InChI is InChI=1S/C27H19N3.C2H6/c1-18-15-16-25-24(17-18)21-12-6-8-14-23(21)27-29-28-26(30(25)27)22-13-7-5-11-20(22)19-9-3-2-4-10-19;1-2/h2-17H,1H3;1-2H3. The molecule has 0 saturated heterocycles. The van der Waals surface area contributed by atoms with Gasteiger partial charge in [0.05, 0.1) is 5.52 Å². The Morgan fingerprint density at radius 2 is 1.25 bits per heavy atom. The number of fused-ring (bicyclic) bond motifs is 6. The van der Waals surface area contributed by atoms with Crippen molar-refractivity contribution in [2.75, 3.05) is 0 Å². The molecule has 2 aromatic heterocycles. The van der Waals surface area contributed by atoms with Crippen LogP contribution in [0.4, 0.5) is 0 Å². The summed E-state index contributed by atoms with van der Waals surface area (Å²) < 4.78 is 2.21. The Bertz CT molecular complexity index is 1550. The van der Waals surface area contributed by atoms with Crippen molar-refractivity contribution in [1.82, 2.24) is 14.6 Å². The van der Waals surface area contributed by atoms with Crippen molar-refractivity contribution < 1.29 is 0 Å². The average molecular weight is 416 g/mol. The molecule has 0 aliphatic heterocycles. The lowest BCUT2D eigenvalue weighted by Gasteiger charge is -2.12.